The molecule has 1 aliphatic heterocycles. The number of carbonyl (C=O) groups excluding carboxylic acids is 2. The minimum absolute atomic E-state index is 0.268. The molecule has 0 bridgehead atoms. The quantitative estimate of drug-likeness (QED) is 0.381. The first-order valence-electron chi connectivity index (χ1n) is 6.95. The predicted octanol–water partition coefficient (Wildman–Crippen LogP) is 1.99. The van der Waals surface area contributed by atoms with Gasteiger partial charge in [0.1, 0.15) is 5.70 Å². The zero-order chi connectivity index (χ0) is 17.2. The van der Waals surface area contributed by atoms with Crippen LogP contribution >= 0.6 is 12.2 Å². The second-order valence-electron chi connectivity index (χ2n) is 6.02. The maximum absolute atomic E-state index is 12.0. The number of rotatable bonds is 3. The molecule has 0 aliphatic carbocycles. The van der Waals surface area contributed by atoms with E-state index in [2.05, 4.69) is 10.6 Å². The number of nitrogens with one attached hydrogen (secondary N) is 2. The molecule has 0 aromatic heterocycles. The highest BCUT2D eigenvalue weighted by Crippen LogP contribution is 2.31. The topological polar surface area (TPSA) is 76.7 Å². The van der Waals surface area contributed by atoms with E-state index >= 15 is 0 Å². The zero-order valence-corrected chi connectivity index (χ0v) is 14.2. The molecule has 1 aliphatic rings. The van der Waals surface area contributed by atoms with Crippen molar-refractivity contribution in [2.24, 2.45) is 5.41 Å². The van der Waals surface area contributed by atoms with Crippen LogP contribution in [-0.2, 0) is 9.59 Å². The summed E-state index contributed by atoms with van der Waals surface area (Å²) in [6.07, 6.45) is 1.63. The summed E-state index contributed by atoms with van der Waals surface area (Å²) in [5.74, 6) is 0.0770. The number of methoxy groups -OCH3 is 1. The maximum Gasteiger partial charge on any atom is 0.316 e. The van der Waals surface area contributed by atoms with Gasteiger partial charge in [0.2, 0.25) is 0 Å². The number of thiocarbonyl (C=S) groups is 1. The molecule has 122 valence electrons. The average Bonchev–Trinajstić information content (AvgIpc) is 2.77. The lowest BCUT2D eigenvalue weighted by Gasteiger charge is -2.17. The summed E-state index contributed by atoms with van der Waals surface area (Å²) in [6, 6.07) is 5.02. The molecule has 1 fully saturated rings. The van der Waals surface area contributed by atoms with Crippen molar-refractivity contribution < 1.29 is 19.1 Å². The van der Waals surface area contributed by atoms with Gasteiger partial charge in [0.25, 0.3) is 5.91 Å². The summed E-state index contributed by atoms with van der Waals surface area (Å²) in [5.41, 5.74) is 0.434. The van der Waals surface area contributed by atoms with Gasteiger partial charge in [-0.2, -0.15) is 0 Å². The minimum atomic E-state index is -0.618. The molecular formula is C16H18N2O4S. The van der Waals surface area contributed by atoms with Crippen LogP contribution in [0.15, 0.2) is 23.9 Å². The average molecular weight is 334 g/mol. The lowest BCUT2D eigenvalue weighted by Crippen LogP contribution is -2.25. The Bertz CT molecular complexity index is 705. The van der Waals surface area contributed by atoms with Crippen LogP contribution in [0, 0.1) is 5.41 Å². The summed E-state index contributed by atoms with van der Waals surface area (Å²) in [6.45, 7) is 5.32. The van der Waals surface area contributed by atoms with Gasteiger partial charge in [-0.3, -0.25) is 14.9 Å². The molecular weight excluding hydrogens is 316 g/mol. The first kappa shape index (κ1) is 17.0. The largest absolute Gasteiger partial charge is 0.493 e. The summed E-state index contributed by atoms with van der Waals surface area (Å²) in [5, 5.41) is 5.51. The van der Waals surface area contributed by atoms with Crippen LogP contribution in [0.4, 0.5) is 0 Å². The fourth-order valence-corrected chi connectivity index (χ4v) is 1.96. The maximum atomic E-state index is 12.0. The van der Waals surface area contributed by atoms with Crippen LogP contribution in [0.5, 0.6) is 11.5 Å². The Morgan fingerprint density at radius 2 is 1.91 bits per heavy atom. The highest BCUT2D eigenvalue weighted by atomic mass is 32.1. The van der Waals surface area contributed by atoms with Crippen LogP contribution in [0.2, 0.25) is 0 Å². The van der Waals surface area contributed by atoms with E-state index in [4.69, 9.17) is 21.7 Å². The first-order valence-corrected chi connectivity index (χ1v) is 7.36. The molecule has 6 nitrogen and oxygen atoms in total. The number of hydrogen-bond donors (Lipinski definition) is 2. The summed E-state index contributed by atoms with van der Waals surface area (Å²) >= 11 is 4.87. The van der Waals surface area contributed by atoms with Crippen LogP contribution in [0.1, 0.15) is 26.3 Å². The van der Waals surface area contributed by atoms with E-state index in [1.165, 1.54) is 7.11 Å². The Hall–Kier alpha value is -2.41. The van der Waals surface area contributed by atoms with Gasteiger partial charge in [-0.25, -0.2) is 0 Å². The molecule has 0 radical (unpaired) electrons. The first-order chi connectivity index (χ1) is 10.7. The smallest absolute Gasteiger partial charge is 0.316 e. The minimum Gasteiger partial charge on any atom is -0.493 e. The molecule has 0 atom stereocenters. The molecule has 1 aromatic carbocycles. The molecule has 2 rings (SSSR count). The highest BCUT2D eigenvalue weighted by Gasteiger charge is 2.25. The highest BCUT2D eigenvalue weighted by molar-refractivity contribution is 7.80. The number of amides is 1. The van der Waals surface area contributed by atoms with Gasteiger partial charge in [-0.1, -0.05) is 6.07 Å². The lowest BCUT2D eigenvalue weighted by atomic mass is 9.97. The van der Waals surface area contributed by atoms with Crippen molar-refractivity contribution >= 4 is 35.3 Å². The Morgan fingerprint density at radius 3 is 2.43 bits per heavy atom. The SMILES string of the molecule is COc1cc(/C=C2/NC(=S)NC2=O)ccc1OC(=O)C(C)(C)C. The van der Waals surface area contributed by atoms with Gasteiger partial charge < -0.3 is 14.8 Å². The standard InChI is InChI=1S/C16H18N2O4S/c1-16(2,3)14(20)22-11-6-5-9(8-12(11)21-4)7-10-13(19)18-15(23)17-10/h5-8H,1-4H3,(H2,17,18,19,23)/b10-7+. The van der Waals surface area contributed by atoms with Gasteiger partial charge in [0, 0.05) is 0 Å². The van der Waals surface area contributed by atoms with E-state index in [0.29, 0.717) is 22.8 Å². The fraction of sp³-hybridized carbons (Fsp3) is 0.312. The number of ether oxygens (including phenoxy) is 2. The zero-order valence-electron chi connectivity index (χ0n) is 13.4. The Kier molecular flexibility index (Phi) is 4.70. The molecule has 1 aromatic rings. The van der Waals surface area contributed by atoms with Gasteiger partial charge in [-0.05, 0) is 56.8 Å². The third-order valence-corrected chi connectivity index (χ3v) is 3.24. The molecule has 0 saturated carbocycles. The molecule has 1 heterocycles. The summed E-state index contributed by atoms with van der Waals surface area (Å²) < 4.78 is 10.6. The van der Waals surface area contributed by atoms with Gasteiger partial charge in [0.05, 0.1) is 12.5 Å². The Balaban J connectivity index is 2.26. The van der Waals surface area contributed by atoms with E-state index in [1.54, 1.807) is 45.0 Å². The van der Waals surface area contributed by atoms with E-state index in [1.807, 2.05) is 0 Å². The van der Waals surface area contributed by atoms with Crippen LogP contribution in [-0.4, -0.2) is 24.1 Å². The Labute approximate surface area is 139 Å². The van der Waals surface area contributed by atoms with Crippen molar-refractivity contribution in [3.63, 3.8) is 0 Å². The third kappa shape index (κ3) is 4.07. The van der Waals surface area contributed by atoms with E-state index in [0.717, 1.165) is 0 Å². The van der Waals surface area contributed by atoms with Gasteiger partial charge in [0.15, 0.2) is 16.6 Å². The van der Waals surface area contributed by atoms with E-state index in [9.17, 15) is 9.59 Å². The van der Waals surface area contributed by atoms with Crippen LogP contribution in [0.3, 0.4) is 0 Å². The molecule has 0 spiro atoms. The van der Waals surface area contributed by atoms with Crippen LogP contribution in [0.25, 0.3) is 6.08 Å². The molecule has 7 heteroatoms. The van der Waals surface area contributed by atoms with Crippen molar-refractivity contribution in [1.29, 1.82) is 0 Å². The molecule has 2 N–H and O–H groups in total. The Morgan fingerprint density at radius 1 is 1.22 bits per heavy atom. The van der Waals surface area contributed by atoms with E-state index < -0.39 is 5.41 Å². The second kappa shape index (κ2) is 6.37. The third-order valence-electron chi connectivity index (χ3n) is 3.03. The molecule has 1 amide bonds. The monoisotopic (exact) mass is 334 g/mol. The lowest BCUT2D eigenvalue weighted by molar-refractivity contribution is -0.143. The van der Waals surface area contributed by atoms with Crippen molar-refractivity contribution in [2.45, 2.75) is 20.8 Å². The molecule has 0 unspecified atom stereocenters. The number of hydrogen-bond acceptors (Lipinski definition) is 5. The number of carbonyl (C=O) groups is 2. The fourth-order valence-electron chi connectivity index (χ4n) is 1.76. The number of benzene rings is 1. The normalized spacial score (nSPS) is 16.1. The van der Waals surface area contributed by atoms with Crippen LogP contribution < -0.4 is 20.1 Å². The van der Waals surface area contributed by atoms with Crippen molar-refractivity contribution in [3.8, 4) is 11.5 Å². The van der Waals surface area contributed by atoms with E-state index in [-0.39, 0.29) is 17.0 Å². The second-order valence-corrected chi connectivity index (χ2v) is 6.42. The van der Waals surface area contributed by atoms with Crippen molar-refractivity contribution in [2.75, 3.05) is 7.11 Å². The van der Waals surface area contributed by atoms with Gasteiger partial charge in [-0.15, -0.1) is 0 Å². The number of esters is 1. The summed E-state index contributed by atoms with van der Waals surface area (Å²) in [7, 11) is 1.48. The summed E-state index contributed by atoms with van der Waals surface area (Å²) in [4.78, 5) is 23.6. The molecule has 1 saturated heterocycles. The molecule has 23 heavy (non-hydrogen) atoms. The predicted molar refractivity (Wildman–Crippen MR) is 89.9 cm³/mol. The van der Waals surface area contributed by atoms with Crippen molar-refractivity contribution in [3.05, 3.63) is 29.5 Å². The van der Waals surface area contributed by atoms with Gasteiger partial charge >= 0.3 is 5.97 Å². The van der Waals surface area contributed by atoms with Crippen molar-refractivity contribution in [1.82, 2.24) is 10.6 Å².